The van der Waals surface area contributed by atoms with Crippen LogP contribution >= 0.6 is 0 Å². The molecule has 0 bridgehead atoms. The van der Waals surface area contributed by atoms with Crippen LogP contribution in [0.25, 0.3) is 11.4 Å². The Labute approximate surface area is 168 Å². The molecular formula is C21H23N3O5. The molecule has 0 radical (unpaired) electrons. The van der Waals surface area contributed by atoms with Gasteiger partial charge in [-0.2, -0.15) is 4.98 Å². The van der Waals surface area contributed by atoms with Gasteiger partial charge in [0.25, 0.3) is 0 Å². The number of hydrogen-bond acceptors (Lipinski definition) is 7. The van der Waals surface area contributed by atoms with Crippen LogP contribution in [0.2, 0.25) is 0 Å². The zero-order chi connectivity index (χ0) is 20.6. The summed E-state index contributed by atoms with van der Waals surface area (Å²) in [6.07, 6.45) is 0.642. The van der Waals surface area contributed by atoms with E-state index in [0.717, 1.165) is 28.4 Å². The summed E-state index contributed by atoms with van der Waals surface area (Å²) in [4.78, 5) is 16.5. The van der Waals surface area contributed by atoms with E-state index in [1.54, 1.807) is 21.3 Å². The van der Waals surface area contributed by atoms with Gasteiger partial charge in [0.15, 0.2) is 0 Å². The summed E-state index contributed by atoms with van der Waals surface area (Å²) in [5, 5.41) is 6.78. The van der Waals surface area contributed by atoms with Crippen molar-refractivity contribution in [3.63, 3.8) is 0 Å². The van der Waals surface area contributed by atoms with Crippen molar-refractivity contribution in [3.05, 3.63) is 53.9 Å². The lowest BCUT2D eigenvalue weighted by Gasteiger charge is -2.10. The van der Waals surface area contributed by atoms with Gasteiger partial charge in [-0.25, -0.2) is 0 Å². The molecule has 0 unspecified atom stereocenters. The van der Waals surface area contributed by atoms with Gasteiger partial charge in [0, 0.05) is 18.2 Å². The number of methoxy groups -OCH3 is 3. The predicted molar refractivity (Wildman–Crippen MR) is 106 cm³/mol. The fraction of sp³-hybridized carbons (Fsp3) is 0.286. The Morgan fingerprint density at radius 1 is 1.00 bits per heavy atom. The maximum Gasteiger partial charge on any atom is 0.236 e. The number of benzene rings is 2. The first-order chi connectivity index (χ1) is 14.1. The standard InChI is InChI=1S/C21H23N3O5/c1-26-16-7-5-15(6-8-16)21-23-20(29-24-21)13-19(25)22-11-10-14-4-9-17(27-2)12-18(14)28-3/h4-9,12H,10-11,13H2,1-3H3,(H,22,25). The van der Waals surface area contributed by atoms with Crippen molar-refractivity contribution >= 4 is 5.91 Å². The van der Waals surface area contributed by atoms with Crippen LogP contribution in [-0.2, 0) is 17.6 Å². The zero-order valence-corrected chi connectivity index (χ0v) is 16.6. The van der Waals surface area contributed by atoms with Gasteiger partial charge in [-0.15, -0.1) is 0 Å². The molecule has 29 heavy (non-hydrogen) atoms. The molecule has 0 saturated heterocycles. The highest BCUT2D eigenvalue weighted by molar-refractivity contribution is 5.77. The van der Waals surface area contributed by atoms with Crippen molar-refractivity contribution in [2.75, 3.05) is 27.9 Å². The summed E-state index contributed by atoms with van der Waals surface area (Å²) in [6.45, 7) is 0.459. The number of ether oxygens (including phenoxy) is 3. The van der Waals surface area contributed by atoms with Crippen molar-refractivity contribution in [1.82, 2.24) is 15.5 Å². The fourth-order valence-corrected chi connectivity index (χ4v) is 2.78. The molecule has 3 rings (SSSR count). The van der Waals surface area contributed by atoms with Crippen LogP contribution < -0.4 is 19.5 Å². The van der Waals surface area contributed by atoms with Crippen molar-refractivity contribution in [2.24, 2.45) is 0 Å². The SMILES string of the molecule is COc1ccc(-c2noc(CC(=O)NCCc3ccc(OC)cc3OC)n2)cc1. The Hall–Kier alpha value is -3.55. The first-order valence-electron chi connectivity index (χ1n) is 9.07. The third kappa shape index (κ3) is 5.25. The average molecular weight is 397 g/mol. The Kier molecular flexibility index (Phi) is 6.67. The van der Waals surface area contributed by atoms with Gasteiger partial charge in [-0.1, -0.05) is 11.2 Å². The topological polar surface area (TPSA) is 95.7 Å². The minimum absolute atomic E-state index is 0.0168. The lowest BCUT2D eigenvalue weighted by atomic mass is 10.1. The van der Waals surface area contributed by atoms with Crippen LogP contribution in [0.15, 0.2) is 47.0 Å². The monoisotopic (exact) mass is 397 g/mol. The van der Waals surface area contributed by atoms with Crippen LogP contribution in [0, 0.1) is 0 Å². The molecular weight excluding hydrogens is 374 g/mol. The molecule has 1 aromatic heterocycles. The minimum atomic E-state index is -0.192. The molecule has 1 N–H and O–H groups in total. The summed E-state index contributed by atoms with van der Waals surface area (Å²) in [5.74, 6) is 2.68. The van der Waals surface area contributed by atoms with Crippen molar-refractivity contribution in [3.8, 4) is 28.6 Å². The molecule has 8 nitrogen and oxygen atoms in total. The highest BCUT2D eigenvalue weighted by Crippen LogP contribution is 2.24. The third-order valence-corrected chi connectivity index (χ3v) is 4.34. The summed E-state index contributed by atoms with van der Waals surface area (Å²) in [5.41, 5.74) is 1.76. The summed E-state index contributed by atoms with van der Waals surface area (Å²) in [6, 6.07) is 12.9. The van der Waals surface area contributed by atoms with Gasteiger partial charge >= 0.3 is 0 Å². The van der Waals surface area contributed by atoms with E-state index >= 15 is 0 Å². The van der Waals surface area contributed by atoms with Crippen molar-refractivity contribution in [2.45, 2.75) is 12.8 Å². The number of amides is 1. The lowest BCUT2D eigenvalue weighted by molar-refractivity contribution is -0.120. The molecule has 1 amide bonds. The Balaban J connectivity index is 1.52. The Morgan fingerprint density at radius 3 is 2.41 bits per heavy atom. The average Bonchev–Trinajstić information content (AvgIpc) is 3.22. The number of carbonyl (C=O) groups excluding carboxylic acids is 1. The number of carbonyl (C=O) groups is 1. The molecule has 152 valence electrons. The molecule has 1 heterocycles. The molecule has 0 aliphatic carbocycles. The number of nitrogens with one attached hydrogen (secondary N) is 1. The van der Waals surface area contributed by atoms with E-state index < -0.39 is 0 Å². The van der Waals surface area contributed by atoms with Crippen molar-refractivity contribution in [1.29, 1.82) is 0 Å². The lowest BCUT2D eigenvalue weighted by Crippen LogP contribution is -2.27. The van der Waals surface area contributed by atoms with E-state index in [1.165, 1.54) is 0 Å². The van der Waals surface area contributed by atoms with Crippen molar-refractivity contribution < 1.29 is 23.5 Å². The van der Waals surface area contributed by atoms with Crippen LogP contribution in [0.5, 0.6) is 17.2 Å². The first-order valence-corrected chi connectivity index (χ1v) is 9.07. The Morgan fingerprint density at radius 2 is 1.72 bits per heavy atom. The Bertz CT molecular complexity index is 953. The van der Waals surface area contributed by atoms with Crippen LogP contribution in [0.4, 0.5) is 0 Å². The van der Waals surface area contributed by atoms with E-state index in [0.29, 0.717) is 18.8 Å². The van der Waals surface area contributed by atoms with E-state index in [4.69, 9.17) is 18.7 Å². The number of hydrogen-bond donors (Lipinski definition) is 1. The second-order valence-electron chi connectivity index (χ2n) is 6.19. The molecule has 0 aliphatic heterocycles. The minimum Gasteiger partial charge on any atom is -0.497 e. The summed E-state index contributed by atoms with van der Waals surface area (Å²) >= 11 is 0. The molecule has 0 saturated carbocycles. The highest BCUT2D eigenvalue weighted by atomic mass is 16.5. The van der Waals surface area contributed by atoms with Crippen LogP contribution in [-0.4, -0.2) is 43.9 Å². The molecule has 8 heteroatoms. The normalized spacial score (nSPS) is 10.4. The third-order valence-electron chi connectivity index (χ3n) is 4.34. The van der Waals surface area contributed by atoms with E-state index in [1.807, 2.05) is 42.5 Å². The maximum atomic E-state index is 12.2. The smallest absolute Gasteiger partial charge is 0.236 e. The second-order valence-corrected chi connectivity index (χ2v) is 6.19. The van der Waals surface area contributed by atoms with E-state index in [9.17, 15) is 4.79 Å². The summed E-state index contributed by atoms with van der Waals surface area (Å²) < 4.78 is 20.9. The van der Waals surface area contributed by atoms with Crippen LogP contribution in [0.1, 0.15) is 11.5 Å². The van der Waals surface area contributed by atoms with E-state index in [2.05, 4.69) is 15.5 Å². The number of nitrogens with zero attached hydrogens (tertiary/aromatic N) is 2. The quantitative estimate of drug-likeness (QED) is 0.593. The van der Waals surface area contributed by atoms with E-state index in [-0.39, 0.29) is 18.2 Å². The summed E-state index contributed by atoms with van der Waals surface area (Å²) in [7, 11) is 4.81. The van der Waals surface area contributed by atoms with Gasteiger partial charge in [0.1, 0.15) is 23.7 Å². The highest BCUT2D eigenvalue weighted by Gasteiger charge is 2.13. The van der Waals surface area contributed by atoms with Gasteiger partial charge in [0.05, 0.1) is 21.3 Å². The largest absolute Gasteiger partial charge is 0.497 e. The molecule has 0 aliphatic rings. The number of aromatic nitrogens is 2. The van der Waals surface area contributed by atoms with Crippen LogP contribution in [0.3, 0.4) is 0 Å². The van der Waals surface area contributed by atoms with Gasteiger partial charge in [-0.05, 0) is 42.3 Å². The second kappa shape index (κ2) is 9.59. The molecule has 3 aromatic rings. The molecule has 0 fully saturated rings. The van der Waals surface area contributed by atoms with Gasteiger partial charge < -0.3 is 24.1 Å². The number of rotatable bonds is 9. The first kappa shape index (κ1) is 20.2. The van der Waals surface area contributed by atoms with Gasteiger partial charge in [-0.3, -0.25) is 4.79 Å². The molecule has 0 atom stereocenters. The maximum absolute atomic E-state index is 12.2. The van der Waals surface area contributed by atoms with Gasteiger partial charge in [0.2, 0.25) is 17.6 Å². The fourth-order valence-electron chi connectivity index (χ4n) is 2.78. The predicted octanol–water partition coefficient (Wildman–Crippen LogP) is 2.66. The zero-order valence-electron chi connectivity index (χ0n) is 16.6. The molecule has 0 spiro atoms. The molecule has 2 aromatic carbocycles.